The Balaban J connectivity index is 2.05. The molecular weight excluding hydrogens is 273 g/mol. The van der Waals surface area contributed by atoms with Crippen molar-refractivity contribution < 1.29 is 13.9 Å². The van der Waals surface area contributed by atoms with Crippen LogP contribution in [-0.4, -0.2) is 31.2 Å². The van der Waals surface area contributed by atoms with E-state index in [4.69, 9.17) is 4.74 Å². The minimum absolute atomic E-state index is 0.282. The standard InChI is InChI=1S/C15H16FN3O2/c1-21-8-7-18-15(20)14-10-13(5-6-17-14)19-12-4-2-3-11(16)9-12/h2-6,9-10H,7-8H2,1H3,(H,17,19)(H,18,20). The number of aromatic nitrogens is 1. The predicted molar refractivity (Wildman–Crippen MR) is 78.1 cm³/mol. The molecule has 0 fully saturated rings. The highest BCUT2D eigenvalue weighted by atomic mass is 19.1. The first-order chi connectivity index (χ1) is 10.2. The summed E-state index contributed by atoms with van der Waals surface area (Å²) in [6.45, 7) is 0.853. The molecule has 2 rings (SSSR count). The first kappa shape index (κ1) is 14.9. The molecule has 2 N–H and O–H groups in total. The van der Waals surface area contributed by atoms with E-state index in [1.165, 1.54) is 18.3 Å². The summed E-state index contributed by atoms with van der Waals surface area (Å²) >= 11 is 0. The van der Waals surface area contributed by atoms with Gasteiger partial charge >= 0.3 is 0 Å². The number of carbonyl (C=O) groups is 1. The van der Waals surface area contributed by atoms with E-state index in [1.807, 2.05) is 0 Å². The Morgan fingerprint density at radius 3 is 2.86 bits per heavy atom. The van der Waals surface area contributed by atoms with Crippen LogP contribution in [-0.2, 0) is 4.74 Å². The van der Waals surface area contributed by atoms with Gasteiger partial charge in [-0.1, -0.05) is 6.07 Å². The van der Waals surface area contributed by atoms with Gasteiger partial charge in [0.2, 0.25) is 0 Å². The van der Waals surface area contributed by atoms with Crippen LogP contribution in [0.15, 0.2) is 42.6 Å². The molecule has 1 aromatic heterocycles. The number of pyridine rings is 1. The number of hydrogen-bond acceptors (Lipinski definition) is 4. The monoisotopic (exact) mass is 289 g/mol. The fraction of sp³-hybridized carbons (Fsp3) is 0.200. The van der Waals surface area contributed by atoms with Crippen molar-refractivity contribution in [1.29, 1.82) is 0 Å². The van der Waals surface area contributed by atoms with Crippen molar-refractivity contribution in [2.24, 2.45) is 0 Å². The van der Waals surface area contributed by atoms with Gasteiger partial charge < -0.3 is 15.4 Å². The van der Waals surface area contributed by atoms with Crippen molar-refractivity contribution in [2.45, 2.75) is 0 Å². The third-order valence-electron chi connectivity index (χ3n) is 2.70. The number of halogens is 1. The number of methoxy groups -OCH3 is 1. The van der Waals surface area contributed by atoms with E-state index in [2.05, 4.69) is 15.6 Å². The van der Waals surface area contributed by atoms with Crippen molar-refractivity contribution >= 4 is 17.3 Å². The number of carbonyl (C=O) groups excluding carboxylic acids is 1. The van der Waals surface area contributed by atoms with E-state index in [0.29, 0.717) is 24.5 Å². The van der Waals surface area contributed by atoms with Crippen LogP contribution in [0.4, 0.5) is 15.8 Å². The van der Waals surface area contributed by atoms with Crippen LogP contribution in [0.5, 0.6) is 0 Å². The van der Waals surface area contributed by atoms with Gasteiger partial charge in [-0.2, -0.15) is 0 Å². The predicted octanol–water partition coefficient (Wildman–Crippen LogP) is 2.34. The number of nitrogens with one attached hydrogen (secondary N) is 2. The summed E-state index contributed by atoms with van der Waals surface area (Å²) in [4.78, 5) is 15.9. The summed E-state index contributed by atoms with van der Waals surface area (Å²) in [5.74, 6) is -0.610. The summed E-state index contributed by atoms with van der Waals surface area (Å²) in [5, 5.41) is 5.71. The molecule has 1 amide bonds. The Labute approximate surface area is 122 Å². The first-order valence-corrected chi connectivity index (χ1v) is 6.45. The third-order valence-corrected chi connectivity index (χ3v) is 2.70. The minimum atomic E-state index is -0.327. The van der Waals surface area contributed by atoms with Crippen LogP contribution in [0.1, 0.15) is 10.5 Å². The van der Waals surface area contributed by atoms with Gasteiger partial charge in [-0.15, -0.1) is 0 Å². The summed E-state index contributed by atoms with van der Waals surface area (Å²) in [6, 6.07) is 9.40. The zero-order valence-electron chi connectivity index (χ0n) is 11.6. The Bertz CT molecular complexity index is 619. The maximum Gasteiger partial charge on any atom is 0.270 e. The topological polar surface area (TPSA) is 63.2 Å². The average molecular weight is 289 g/mol. The quantitative estimate of drug-likeness (QED) is 0.801. The second-order valence-corrected chi connectivity index (χ2v) is 4.31. The van der Waals surface area contributed by atoms with Gasteiger partial charge in [-0.05, 0) is 30.3 Å². The molecule has 0 atom stereocenters. The summed E-state index contributed by atoms with van der Waals surface area (Å²) in [7, 11) is 1.56. The highest BCUT2D eigenvalue weighted by Gasteiger charge is 2.07. The van der Waals surface area contributed by atoms with Gasteiger partial charge in [0.05, 0.1) is 6.61 Å². The van der Waals surface area contributed by atoms with Gasteiger partial charge in [0.25, 0.3) is 5.91 Å². The summed E-state index contributed by atoms with van der Waals surface area (Å²) < 4.78 is 18.0. The molecule has 0 bridgehead atoms. The molecule has 0 unspecified atom stereocenters. The normalized spacial score (nSPS) is 10.2. The molecule has 0 aliphatic carbocycles. The van der Waals surface area contributed by atoms with Crippen molar-refractivity contribution in [3.05, 3.63) is 54.1 Å². The zero-order valence-corrected chi connectivity index (χ0v) is 11.6. The number of ether oxygens (including phenoxy) is 1. The number of benzene rings is 1. The molecule has 0 saturated carbocycles. The van der Waals surface area contributed by atoms with Crippen LogP contribution in [0.25, 0.3) is 0 Å². The maximum absolute atomic E-state index is 13.1. The molecule has 1 aromatic carbocycles. The smallest absolute Gasteiger partial charge is 0.270 e. The maximum atomic E-state index is 13.1. The van der Waals surface area contributed by atoms with E-state index in [0.717, 1.165) is 0 Å². The highest BCUT2D eigenvalue weighted by molar-refractivity contribution is 5.93. The number of amides is 1. The second kappa shape index (κ2) is 7.35. The van der Waals surface area contributed by atoms with Crippen LogP contribution < -0.4 is 10.6 Å². The van der Waals surface area contributed by atoms with Crippen molar-refractivity contribution in [3.8, 4) is 0 Å². The van der Waals surface area contributed by atoms with Crippen molar-refractivity contribution in [2.75, 3.05) is 25.6 Å². The molecule has 0 aliphatic rings. The molecule has 0 aliphatic heterocycles. The fourth-order valence-electron chi connectivity index (χ4n) is 1.72. The molecule has 2 aromatic rings. The fourth-order valence-corrected chi connectivity index (χ4v) is 1.72. The number of hydrogen-bond donors (Lipinski definition) is 2. The van der Waals surface area contributed by atoms with Gasteiger partial charge in [-0.3, -0.25) is 9.78 Å². The largest absolute Gasteiger partial charge is 0.383 e. The second-order valence-electron chi connectivity index (χ2n) is 4.31. The van der Waals surface area contributed by atoms with Gasteiger partial charge in [0.1, 0.15) is 11.5 Å². The van der Waals surface area contributed by atoms with Crippen molar-refractivity contribution in [3.63, 3.8) is 0 Å². The zero-order chi connectivity index (χ0) is 15.1. The lowest BCUT2D eigenvalue weighted by Crippen LogP contribution is -2.27. The molecule has 6 heteroatoms. The van der Waals surface area contributed by atoms with Crippen LogP contribution in [0.2, 0.25) is 0 Å². The average Bonchev–Trinajstić information content (AvgIpc) is 2.48. The molecule has 110 valence electrons. The molecule has 21 heavy (non-hydrogen) atoms. The third kappa shape index (κ3) is 4.54. The molecule has 5 nitrogen and oxygen atoms in total. The highest BCUT2D eigenvalue weighted by Crippen LogP contribution is 2.17. The first-order valence-electron chi connectivity index (χ1n) is 6.45. The van der Waals surface area contributed by atoms with Gasteiger partial charge in [-0.25, -0.2) is 4.39 Å². The van der Waals surface area contributed by atoms with Crippen molar-refractivity contribution in [1.82, 2.24) is 10.3 Å². The number of nitrogens with zero attached hydrogens (tertiary/aromatic N) is 1. The van der Waals surface area contributed by atoms with Crippen LogP contribution >= 0.6 is 0 Å². The number of anilines is 2. The van der Waals surface area contributed by atoms with Gasteiger partial charge in [0, 0.05) is 31.2 Å². The lowest BCUT2D eigenvalue weighted by Gasteiger charge is -2.08. The van der Waals surface area contributed by atoms with E-state index >= 15 is 0 Å². The summed E-state index contributed by atoms with van der Waals surface area (Å²) in [6.07, 6.45) is 1.52. The van der Waals surface area contributed by atoms with Crippen LogP contribution in [0.3, 0.4) is 0 Å². The Morgan fingerprint density at radius 2 is 2.10 bits per heavy atom. The lowest BCUT2D eigenvalue weighted by atomic mass is 10.2. The molecule has 0 radical (unpaired) electrons. The van der Waals surface area contributed by atoms with E-state index in [9.17, 15) is 9.18 Å². The number of rotatable bonds is 6. The molecular formula is C15H16FN3O2. The molecule has 1 heterocycles. The Hall–Kier alpha value is -2.47. The van der Waals surface area contributed by atoms with E-state index in [1.54, 1.807) is 31.4 Å². The molecule has 0 spiro atoms. The molecule has 0 saturated heterocycles. The van der Waals surface area contributed by atoms with Crippen LogP contribution in [0, 0.1) is 5.82 Å². The van der Waals surface area contributed by atoms with Gasteiger partial charge in [0.15, 0.2) is 0 Å². The summed E-state index contributed by atoms with van der Waals surface area (Å²) in [5.41, 5.74) is 1.55. The lowest BCUT2D eigenvalue weighted by molar-refractivity contribution is 0.0932. The van der Waals surface area contributed by atoms with E-state index in [-0.39, 0.29) is 17.4 Å². The SMILES string of the molecule is COCCNC(=O)c1cc(Nc2cccc(F)c2)ccn1. The van der Waals surface area contributed by atoms with E-state index < -0.39 is 0 Å². The Morgan fingerprint density at radius 1 is 1.29 bits per heavy atom. The Kier molecular flexibility index (Phi) is 5.22. The minimum Gasteiger partial charge on any atom is -0.383 e.